The first-order valence-corrected chi connectivity index (χ1v) is 5.54. The largest absolute Gasteiger partial charge is 0.363 e. The molecule has 0 bridgehead atoms. The van der Waals surface area contributed by atoms with Crippen molar-refractivity contribution >= 4 is 17.4 Å². The molecule has 2 heterocycles. The number of nitrogens with zero attached hydrogens (tertiary/aromatic N) is 3. The lowest BCUT2D eigenvalue weighted by Gasteiger charge is -2.07. The number of pyridine rings is 1. The second-order valence-corrected chi connectivity index (χ2v) is 3.72. The van der Waals surface area contributed by atoms with Gasteiger partial charge < -0.3 is 9.88 Å². The van der Waals surface area contributed by atoms with Crippen molar-refractivity contribution in [2.75, 3.05) is 5.32 Å². The third-order valence-electron chi connectivity index (χ3n) is 2.29. The normalized spacial score (nSPS) is 10.4. The first-order chi connectivity index (χ1) is 7.79. The zero-order chi connectivity index (χ0) is 11.4. The van der Waals surface area contributed by atoms with Gasteiger partial charge in [0.2, 0.25) is 0 Å². The minimum Gasteiger partial charge on any atom is -0.363 e. The van der Waals surface area contributed by atoms with E-state index in [0.29, 0.717) is 11.7 Å². The number of anilines is 1. The maximum Gasteiger partial charge on any atom is 0.131 e. The minimum atomic E-state index is 0.490. The Morgan fingerprint density at radius 1 is 1.44 bits per heavy atom. The Kier molecular flexibility index (Phi) is 3.41. The van der Waals surface area contributed by atoms with E-state index in [9.17, 15) is 0 Å². The molecule has 0 atom stereocenters. The summed E-state index contributed by atoms with van der Waals surface area (Å²) in [5, 5.41) is 3.67. The monoisotopic (exact) mass is 236 g/mol. The van der Waals surface area contributed by atoms with E-state index >= 15 is 0 Å². The highest BCUT2D eigenvalue weighted by Crippen LogP contribution is 2.10. The van der Waals surface area contributed by atoms with Gasteiger partial charge in [0.25, 0.3) is 0 Å². The highest BCUT2D eigenvalue weighted by molar-refractivity contribution is 6.29. The molecule has 0 saturated heterocycles. The third kappa shape index (κ3) is 2.52. The Morgan fingerprint density at radius 2 is 2.31 bits per heavy atom. The standard InChI is InChI=1S/C11H13ClN4/c1-2-16-7-6-13-11(16)8-14-10-5-3-4-9(12)15-10/h3-7H,2,8H2,1H3,(H,14,15). The molecule has 0 unspecified atom stereocenters. The molecule has 0 saturated carbocycles. The van der Waals surface area contributed by atoms with Gasteiger partial charge in [0, 0.05) is 18.9 Å². The minimum absolute atomic E-state index is 0.490. The van der Waals surface area contributed by atoms with Crippen molar-refractivity contribution in [1.82, 2.24) is 14.5 Å². The van der Waals surface area contributed by atoms with Crippen LogP contribution in [0.25, 0.3) is 0 Å². The lowest BCUT2D eigenvalue weighted by atomic mass is 10.4. The predicted octanol–water partition coefficient (Wildman–Crippen LogP) is 2.56. The Labute approximate surface area is 99.3 Å². The molecule has 84 valence electrons. The highest BCUT2D eigenvalue weighted by Gasteiger charge is 2.01. The molecule has 0 fully saturated rings. The molecule has 2 aromatic heterocycles. The number of imidazole rings is 1. The van der Waals surface area contributed by atoms with Crippen molar-refractivity contribution in [1.29, 1.82) is 0 Å². The van der Waals surface area contributed by atoms with Crippen molar-refractivity contribution in [3.63, 3.8) is 0 Å². The van der Waals surface area contributed by atoms with Crippen LogP contribution in [0.4, 0.5) is 5.82 Å². The van der Waals surface area contributed by atoms with Gasteiger partial charge in [-0.1, -0.05) is 17.7 Å². The first kappa shape index (κ1) is 11.0. The predicted molar refractivity (Wildman–Crippen MR) is 64.5 cm³/mol. The van der Waals surface area contributed by atoms with E-state index < -0.39 is 0 Å². The molecule has 0 aliphatic rings. The second kappa shape index (κ2) is 4.99. The maximum atomic E-state index is 5.79. The Bertz CT molecular complexity index is 467. The summed E-state index contributed by atoms with van der Waals surface area (Å²) in [6.45, 7) is 3.65. The maximum absolute atomic E-state index is 5.79. The van der Waals surface area contributed by atoms with Crippen LogP contribution in [0.1, 0.15) is 12.7 Å². The van der Waals surface area contributed by atoms with Gasteiger partial charge in [-0.25, -0.2) is 9.97 Å². The van der Waals surface area contributed by atoms with Crippen LogP contribution in [0.3, 0.4) is 0 Å². The molecule has 4 nitrogen and oxygen atoms in total. The van der Waals surface area contributed by atoms with Crippen molar-refractivity contribution in [3.05, 3.63) is 41.6 Å². The van der Waals surface area contributed by atoms with Crippen LogP contribution in [0.5, 0.6) is 0 Å². The molecule has 1 N–H and O–H groups in total. The molecule has 2 aromatic rings. The molecule has 0 aliphatic heterocycles. The number of nitrogens with one attached hydrogen (secondary N) is 1. The topological polar surface area (TPSA) is 42.7 Å². The van der Waals surface area contributed by atoms with Gasteiger partial charge in [-0.2, -0.15) is 0 Å². The van der Waals surface area contributed by atoms with Gasteiger partial charge in [0.05, 0.1) is 6.54 Å². The van der Waals surface area contributed by atoms with Gasteiger partial charge in [0.1, 0.15) is 16.8 Å². The number of aromatic nitrogens is 3. The average molecular weight is 237 g/mol. The number of rotatable bonds is 4. The fraction of sp³-hybridized carbons (Fsp3) is 0.273. The summed E-state index contributed by atoms with van der Waals surface area (Å²) in [4.78, 5) is 8.41. The highest BCUT2D eigenvalue weighted by atomic mass is 35.5. The Morgan fingerprint density at radius 3 is 3.06 bits per heavy atom. The molecule has 5 heteroatoms. The fourth-order valence-electron chi connectivity index (χ4n) is 1.47. The smallest absolute Gasteiger partial charge is 0.131 e. The summed E-state index contributed by atoms with van der Waals surface area (Å²) < 4.78 is 2.08. The summed E-state index contributed by atoms with van der Waals surface area (Å²) in [5.41, 5.74) is 0. The zero-order valence-electron chi connectivity index (χ0n) is 9.02. The van der Waals surface area contributed by atoms with Gasteiger partial charge in [-0.15, -0.1) is 0 Å². The molecule has 16 heavy (non-hydrogen) atoms. The van der Waals surface area contributed by atoms with E-state index in [4.69, 9.17) is 11.6 Å². The average Bonchev–Trinajstić information content (AvgIpc) is 2.74. The van der Waals surface area contributed by atoms with Gasteiger partial charge in [0.15, 0.2) is 0 Å². The number of hydrogen-bond donors (Lipinski definition) is 1. The molecule has 0 aliphatic carbocycles. The summed E-state index contributed by atoms with van der Waals surface area (Å²) in [6.07, 6.45) is 3.76. The van der Waals surface area contributed by atoms with Gasteiger partial charge in [-0.05, 0) is 19.1 Å². The van der Waals surface area contributed by atoms with Crippen molar-refractivity contribution in [3.8, 4) is 0 Å². The van der Waals surface area contributed by atoms with Crippen LogP contribution in [0.15, 0.2) is 30.6 Å². The van der Waals surface area contributed by atoms with E-state index in [1.165, 1.54) is 0 Å². The molecular weight excluding hydrogens is 224 g/mol. The number of hydrogen-bond acceptors (Lipinski definition) is 3. The summed E-state index contributed by atoms with van der Waals surface area (Å²) in [6, 6.07) is 5.49. The molecule has 0 spiro atoms. The lowest BCUT2D eigenvalue weighted by molar-refractivity contribution is 0.707. The van der Waals surface area contributed by atoms with Crippen LogP contribution in [0.2, 0.25) is 5.15 Å². The Hall–Kier alpha value is -1.55. The molecule has 0 amide bonds. The SMILES string of the molecule is CCn1ccnc1CNc1cccc(Cl)n1. The summed E-state index contributed by atoms with van der Waals surface area (Å²) in [7, 11) is 0. The van der Waals surface area contributed by atoms with Gasteiger partial charge >= 0.3 is 0 Å². The van der Waals surface area contributed by atoms with Crippen LogP contribution in [-0.2, 0) is 13.1 Å². The van der Waals surface area contributed by atoms with E-state index in [2.05, 4.69) is 26.8 Å². The van der Waals surface area contributed by atoms with Crippen molar-refractivity contribution in [2.45, 2.75) is 20.0 Å². The van der Waals surface area contributed by atoms with E-state index in [-0.39, 0.29) is 0 Å². The quantitative estimate of drug-likeness (QED) is 0.830. The zero-order valence-corrected chi connectivity index (χ0v) is 9.78. The van der Waals surface area contributed by atoms with Crippen LogP contribution < -0.4 is 5.32 Å². The van der Waals surface area contributed by atoms with Crippen LogP contribution in [0, 0.1) is 0 Å². The van der Waals surface area contributed by atoms with E-state index in [0.717, 1.165) is 18.2 Å². The first-order valence-electron chi connectivity index (χ1n) is 5.16. The van der Waals surface area contributed by atoms with Crippen molar-refractivity contribution in [2.24, 2.45) is 0 Å². The van der Waals surface area contributed by atoms with E-state index in [1.807, 2.05) is 18.3 Å². The second-order valence-electron chi connectivity index (χ2n) is 3.33. The van der Waals surface area contributed by atoms with Crippen LogP contribution >= 0.6 is 11.6 Å². The molecule has 0 aromatic carbocycles. The fourth-order valence-corrected chi connectivity index (χ4v) is 1.64. The number of halogens is 1. The Balaban J connectivity index is 2.02. The summed E-state index contributed by atoms with van der Waals surface area (Å²) >= 11 is 5.79. The summed E-state index contributed by atoms with van der Waals surface area (Å²) in [5.74, 6) is 1.75. The van der Waals surface area contributed by atoms with Crippen molar-refractivity contribution < 1.29 is 0 Å². The van der Waals surface area contributed by atoms with Crippen LogP contribution in [-0.4, -0.2) is 14.5 Å². The number of aryl methyl sites for hydroxylation is 1. The molecule has 0 radical (unpaired) electrons. The van der Waals surface area contributed by atoms with E-state index in [1.54, 1.807) is 12.3 Å². The third-order valence-corrected chi connectivity index (χ3v) is 2.50. The molecular formula is C11H13ClN4. The lowest BCUT2D eigenvalue weighted by Crippen LogP contribution is -2.08. The molecule has 2 rings (SSSR count). The van der Waals surface area contributed by atoms with Gasteiger partial charge in [-0.3, -0.25) is 0 Å².